The highest BCUT2D eigenvalue weighted by molar-refractivity contribution is 5.97. The zero-order chi connectivity index (χ0) is 19.4. The van der Waals surface area contributed by atoms with Gasteiger partial charge in [-0.3, -0.25) is 19.7 Å². The number of nitro groups is 1. The van der Waals surface area contributed by atoms with Crippen LogP contribution in [-0.2, 0) is 4.79 Å². The number of rotatable bonds is 5. The second kappa shape index (κ2) is 7.86. The zero-order valence-corrected chi connectivity index (χ0v) is 14.7. The van der Waals surface area contributed by atoms with Crippen molar-refractivity contribution in [1.29, 1.82) is 0 Å². The van der Waals surface area contributed by atoms with E-state index in [0.29, 0.717) is 18.6 Å². The van der Waals surface area contributed by atoms with Crippen molar-refractivity contribution in [2.45, 2.75) is 19.4 Å². The molecule has 0 saturated carbocycles. The van der Waals surface area contributed by atoms with Crippen LogP contribution in [0.3, 0.4) is 0 Å². The molecule has 8 heteroatoms. The summed E-state index contributed by atoms with van der Waals surface area (Å²) in [5, 5.41) is 16.4. The maximum atomic E-state index is 12.2. The van der Waals surface area contributed by atoms with Crippen LogP contribution >= 0.6 is 0 Å². The van der Waals surface area contributed by atoms with Crippen molar-refractivity contribution in [2.24, 2.45) is 0 Å². The Morgan fingerprint density at radius 3 is 2.81 bits per heavy atom. The Morgan fingerprint density at radius 1 is 1.26 bits per heavy atom. The van der Waals surface area contributed by atoms with Gasteiger partial charge >= 0.3 is 0 Å². The number of hydrogen-bond acceptors (Lipinski definition) is 5. The molecule has 0 bridgehead atoms. The molecule has 0 aliphatic carbocycles. The van der Waals surface area contributed by atoms with E-state index in [2.05, 4.69) is 10.6 Å². The normalized spacial score (nSPS) is 15.2. The standard InChI is InChI=1S/C19H19N3O5/c1-12-6-7-13(10-16(12)22(25)26)19(24)20-11-18(23)21-15-8-9-27-17-5-3-2-4-14(15)17/h2-7,10,15H,8-9,11H2,1H3,(H,20,24)(H,21,23). The molecule has 3 rings (SSSR count). The summed E-state index contributed by atoms with van der Waals surface area (Å²) in [6.45, 7) is 1.88. The quantitative estimate of drug-likeness (QED) is 0.620. The number of carbonyl (C=O) groups is 2. The number of nitrogens with zero attached hydrogens (tertiary/aromatic N) is 1. The summed E-state index contributed by atoms with van der Waals surface area (Å²) in [7, 11) is 0. The summed E-state index contributed by atoms with van der Waals surface area (Å²) in [4.78, 5) is 34.8. The second-order valence-electron chi connectivity index (χ2n) is 6.24. The predicted molar refractivity (Wildman–Crippen MR) is 97.6 cm³/mol. The lowest BCUT2D eigenvalue weighted by Gasteiger charge is -2.26. The van der Waals surface area contributed by atoms with Gasteiger partial charge in [0.15, 0.2) is 0 Å². The molecule has 27 heavy (non-hydrogen) atoms. The summed E-state index contributed by atoms with van der Waals surface area (Å²) in [6, 6.07) is 11.5. The van der Waals surface area contributed by atoms with Crippen LogP contribution in [0.25, 0.3) is 0 Å². The number of ether oxygens (including phenoxy) is 1. The fourth-order valence-electron chi connectivity index (χ4n) is 2.95. The Labute approximate surface area is 155 Å². The number of fused-ring (bicyclic) bond motifs is 1. The van der Waals surface area contributed by atoms with E-state index in [9.17, 15) is 19.7 Å². The highest BCUT2D eigenvalue weighted by Gasteiger charge is 2.23. The molecule has 2 aromatic carbocycles. The highest BCUT2D eigenvalue weighted by atomic mass is 16.6. The zero-order valence-electron chi connectivity index (χ0n) is 14.7. The van der Waals surface area contributed by atoms with E-state index in [1.54, 1.807) is 6.92 Å². The summed E-state index contributed by atoms with van der Waals surface area (Å²) in [6.07, 6.45) is 0.640. The number of carbonyl (C=O) groups excluding carboxylic acids is 2. The molecule has 2 amide bonds. The number of nitrogens with one attached hydrogen (secondary N) is 2. The summed E-state index contributed by atoms with van der Waals surface area (Å²) < 4.78 is 5.56. The Morgan fingerprint density at radius 2 is 2.04 bits per heavy atom. The van der Waals surface area contributed by atoms with Crippen LogP contribution in [0.15, 0.2) is 42.5 Å². The Bertz CT molecular complexity index is 897. The first-order chi connectivity index (χ1) is 13.0. The van der Waals surface area contributed by atoms with Gasteiger partial charge in [-0.05, 0) is 19.1 Å². The van der Waals surface area contributed by atoms with Crippen LogP contribution < -0.4 is 15.4 Å². The van der Waals surface area contributed by atoms with Crippen molar-refractivity contribution in [3.63, 3.8) is 0 Å². The van der Waals surface area contributed by atoms with Gasteiger partial charge in [0, 0.05) is 29.2 Å². The van der Waals surface area contributed by atoms with Gasteiger partial charge in [-0.25, -0.2) is 0 Å². The van der Waals surface area contributed by atoms with Gasteiger partial charge in [0.25, 0.3) is 11.6 Å². The van der Waals surface area contributed by atoms with Crippen LogP contribution in [0.4, 0.5) is 5.69 Å². The van der Waals surface area contributed by atoms with E-state index in [0.717, 1.165) is 11.3 Å². The van der Waals surface area contributed by atoms with Crippen LogP contribution in [0, 0.1) is 17.0 Å². The predicted octanol–water partition coefficient (Wildman–Crippen LogP) is 2.27. The molecule has 0 spiro atoms. The van der Waals surface area contributed by atoms with Gasteiger partial charge in [-0.15, -0.1) is 0 Å². The average Bonchev–Trinajstić information content (AvgIpc) is 2.66. The maximum Gasteiger partial charge on any atom is 0.273 e. The largest absolute Gasteiger partial charge is 0.493 e. The molecule has 2 N–H and O–H groups in total. The van der Waals surface area contributed by atoms with Crippen molar-refractivity contribution >= 4 is 17.5 Å². The summed E-state index contributed by atoms with van der Waals surface area (Å²) in [5.74, 6) is -0.141. The first-order valence-electron chi connectivity index (χ1n) is 8.50. The average molecular weight is 369 g/mol. The van der Waals surface area contributed by atoms with Gasteiger partial charge in [-0.1, -0.05) is 24.3 Å². The van der Waals surface area contributed by atoms with Gasteiger partial charge in [0.05, 0.1) is 24.1 Å². The lowest BCUT2D eigenvalue weighted by atomic mass is 10.0. The molecular weight excluding hydrogens is 350 g/mol. The fourth-order valence-corrected chi connectivity index (χ4v) is 2.95. The number of benzene rings is 2. The van der Waals surface area contributed by atoms with Crippen molar-refractivity contribution in [2.75, 3.05) is 13.2 Å². The molecule has 0 fully saturated rings. The van der Waals surface area contributed by atoms with Crippen molar-refractivity contribution in [3.8, 4) is 5.75 Å². The molecule has 0 aromatic heterocycles. The minimum absolute atomic E-state index is 0.133. The molecule has 1 heterocycles. The maximum absolute atomic E-state index is 12.2. The van der Waals surface area contributed by atoms with Crippen LogP contribution in [0.2, 0.25) is 0 Å². The van der Waals surface area contributed by atoms with Crippen LogP contribution in [-0.4, -0.2) is 29.9 Å². The number of amides is 2. The van der Waals surface area contributed by atoms with E-state index in [1.165, 1.54) is 18.2 Å². The Kier molecular flexibility index (Phi) is 5.35. The molecular formula is C19H19N3O5. The van der Waals surface area contributed by atoms with Gasteiger partial charge < -0.3 is 15.4 Å². The minimum atomic E-state index is -0.541. The van der Waals surface area contributed by atoms with Gasteiger partial charge in [0.1, 0.15) is 5.75 Å². The molecule has 2 aromatic rings. The Balaban J connectivity index is 1.59. The fraction of sp³-hybridized carbons (Fsp3) is 0.263. The van der Waals surface area contributed by atoms with Crippen LogP contribution in [0.1, 0.15) is 33.9 Å². The third kappa shape index (κ3) is 4.22. The Hall–Kier alpha value is -3.42. The molecule has 1 aliphatic rings. The lowest BCUT2D eigenvalue weighted by molar-refractivity contribution is -0.385. The minimum Gasteiger partial charge on any atom is -0.493 e. The molecule has 1 unspecified atom stereocenters. The summed E-state index contributed by atoms with van der Waals surface area (Å²) in [5.41, 5.74) is 1.37. The number of para-hydroxylation sites is 1. The molecule has 1 atom stereocenters. The third-order valence-corrected chi connectivity index (χ3v) is 4.37. The highest BCUT2D eigenvalue weighted by Crippen LogP contribution is 2.31. The lowest BCUT2D eigenvalue weighted by Crippen LogP contribution is -2.40. The first-order valence-corrected chi connectivity index (χ1v) is 8.50. The first kappa shape index (κ1) is 18.4. The van der Waals surface area contributed by atoms with Gasteiger partial charge in [-0.2, -0.15) is 0 Å². The summed E-state index contributed by atoms with van der Waals surface area (Å²) >= 11 is 0. The van der Waals surface area contributed by atoms with Crippen molar-refractivity contribution in [3.05, 3.63) is 69.3 Å². The van der Waals surface area contributed by atoms with E-state index < -0.39 is 10.8 Å². The molecule has 1 aliphatic heterocycles. The van der Waals surface area contributed by atoms with Crippen molar-refractivity contribution in [1.82, 2.24) is 10.6 Å². The van der Waals surface area contributed by atoms with Crippen molar-refractivity contribution < 1.29 is 19.2 Å². The van der Waals surface area contributed by atoms with Gasteiger partial charge in [0.2, 0.25) is 5.91 Å². The third-order valence-electron chi connectivity index (χ3n) is 4.37. The SMILES string of the molecule is Cc1ccc(C(=O)NCC(=O)NC2CCOc3ccccc32)cc1[N+](=O)[O-]. The number of nitro benzene ring substituents is 1. The smallest absolute Gasteiger partial charge is 0.273 e. The van der Waals surface area contributed by atoms with E-state index in [1.807, 2.05) is 24.3 Å². The molecule has 8 nitrogen and oxygen atoms in total. The number of hydrogen-bond donors (Lipinski definition) is 2. The molecule has 0 radical (unpaired) electrons. The van der Waals surface area contributed by atoms with Crippen LogP contribution in [0.5, 0.6) is 5.75 Å². The second-order valence-corrected chi connectivity index (χ2v) is 6.24. The number of aryl methyl sites for hydroxylation is 1. The van der Waals surface area contributed by atoms with E-state index >= 15 is 0 Å². The topological polar surface area (TPSA) is 111 Å². The van der Waals surface area contributed by atoms with E-state index in [-0.39, 0.29) is 29.7 Å². The monoisotopic (exact) mass is 369 g/mol. The molecule has 0 saturated heterocycles. The molecule has 140 valence electrons. The van der Waals surface area contributed by atoms with E-state index in [4.69, 9.17) is 4.74 Å².